The zero-order chi connectivity index (χ0) is 17.1. The number of nitro groups is 1. The Morgan fingerprint density at radius 2 is 1.96 bits per heavy atom. The van der Waals surface area contributed by atoms with Gasteiger partial charge in [-0.05, 0) is 50.5 Å². The van der Waals surface area contributed by atoms with Crippen molar-refractivity contribution in [3.63, 3.8) is 0 Å². The maximum Gasteiger partial charge on any atom is 0.276 e. The van der Waals surface area contributed by atoms with Gasteiger partial charge in [0.2, 0.25) is 5.88 Å². The van der Waals surface area contributed by atoms with Crippen molar-refractivity contribution in [2.24, 2.45) is 0 Å². The molecule has 1 aliphatic heterocycles. The van der Waals surface area contributed by atoms with Crippen LogP contribution in [0.5, 0.6) is 11.6 Å². The monoisotopic (exact) mass is 347 g/mol. The Kier molecular flexibility index (Phi) is 4.85. The van der Waals surface area contributed by atoms with Crippen LogP contribution in [-0.4, -0.2) is 23.0 Å². The van der Waals surface area contributed by atoms with E-state index in [4.69, 9.17) is 16.3 Å². The van der Waals surface area contributed by atoms with E-state index in [0.717, 1.165) is 31.6 Å². The van der Waals surface area contributed by atoms with Crippen LogP contribution in [0.3, 0.4) is 0 Å². The lowest BCUT2D eigenvalue weighted by molar-refractivity contribution is -0.385. The maximum atomic E-state index is 11.1. The van der Waals surface area contributed by atoms with Gasteiger partial charge in [0.25, 0.3) is 5.69 Å². The molecule has 0 amide bonds. The van der Waals surface area contributed by atoms with Gasteiger partial charge in [0, 0.05) is 18.7 Å². The van der Waals surface area contributed by atoms with Gasteiger partial charge >= 0.3 is 0 Å². The van der Waals surface area contributed by atoms with E-state index in [1.807, 2.05) is 6.07 Å². The van der Waals surface area contributed by atoms with Crippen LogP contribution in [0.4, 0.5) is 11.4 Å². The van der Waals surface area contributed by atoms with E-state index in [1.165, 1.54) is 12.5 Å². The fourth-order valence-corrected chi connectivity index (χ4v) is 2.96. The van der Waals surface area contributed by atoms with Gasteiger partial charge in [0.05, 0.1) is 11.0 Å². The van der Waals surface area contributed by atoms with Crippen molar-refractivity contribution < 1.29 is 9.66 Å². The summed E-state index contributed by atoms with van der Waals surface area (Å²) in [7, 11) is 0. The summed E-state index contributed by atoms with van der Waals surface area (Å²) >= 11 is 6.01. The Balaban J connectivity index is 1.93. The molecule has 0 bridgehead atoms. The number of nitro benzene ring substituents is 1. The van der Waals surface area contributed by atoms with E-state index < -0.39 is 4.92 Å². The second-order valence-corrected chi connectivity index (χ2v) is 6.20. The van der Waals surface area contributed by atoms with E-state index in [9.17, 15) is 10.1 Å². The number of halogens is 1. The third kappa shape index (κ3) is 3.59. The summed E-state index contributed by atoms with van der Waals surface area (Å²) in [5, 5.41) is 11.4. The molecule has 0 aliphatic carbocycles. The quantitative estimate of drug-likeness (QED) is 0.454. The Bertz CT molecular complexity index is 761. The van der Waals surface area contributed by atoms with Gasteiger partial charge in [0.1, 0.15) is 16.6 Å². The molecule has 0 atom stereocenters. The van der Waals surface area contributed by atoms with Crippen molar-refractivity contribution in [2.45, 2.75) is 26.2 Å². The molecule has 2 heterocycles. The molecule has 7 heteroatoms. The van der Waals surface area contributed by atoms with Crippen molar-refractivity contribution in [1.82, 2.24) is 4.98 Å². The number of hydrogen-bond acceptors (Lipinski definition) is 5. The highest BCUT2D eigenvalue weighted by Crippen LogP contribution is 2.35. The van der Waals surface area contributed by atoms with Crippen molar-refractivity contribution >= 4 is 23.0 Å². The van der Waals surface area contributed by atoms with Crippen LogP contribution in [-0.2, 0) is 0 Å². The standard InChI is InChI=1S/C17H18ClN3O3/c1-12-5-6-13(11-15(12)21(22)23)24-17-14(7-8-16(18)19-17)20-9-3-2-4-10-20/h5-8,11H,2-4,9-10H2,1H3. The van der Waals surface area contributed by atoms with Crippen LogP contribution in [0.15, 0.2) is 30.3 Å². The number of piperidine rings is 1. The molecule has 0 N–H and O–H groups in total. The van der Waals surface area contributed by atoms with Crippen LogP contribution in [0.2, 0.25) is 5.15 Å². The minimum Gasteiger partial charge on any atom is -0.437 e. The maximum absolute atomic E-state index is 11.1. The summed E-state index contributed by atoms with van der Waals surface area (Å²) in [6.07, 6.45) is 3.47. The van der Waals surface area contributed by atoms with Crippen LogP contribution >= 0.6 is 11.6 Å². The van der Waals surface area contributed by atoms with Crippen LogP contribution in [0.25, 0.3) is 0 Å². The van der Waals surface area contributed by atoms with Crippen molar-refractivity contribution in [1.29, 1.82) is 0 Å². The summed E-state index contributed by atoms with van der Waals surface area (Å²) in [6.45, 7) is 3.57. The van der Waals surface area contributed by atoms with Gasteiger partial charge < -0.3 is 9.64 Å². The van der Waals surface area contributed by atoms with Gasteiger partial charge in [-0.25, -0.2) is 0 Å². The number of ether oxygens (including phenoxy) is 1. The highest BCUT2D eigenvalue weighted by atomic mass is 35.5. The van der Waals surface area contributed by atoms with Crippen LogP contribution in [0.1, 0.15) is 24.8 Å². The summed E-state index contributed by atoms with van der Waals surface area (Å²) < 4.78 is 5.85. The fraction of sp³-hybridized carbons (Fsp3) is 0.353. The normalized spacial score (nSPS) is 14.5. The molecule has 0 radical (unpaired) electrons. The van der Waals surface area contributed by atoms with E-state index >= 15 is 0 Å². The molecule has 0 unspecified atom stereocenters. The second kappa shape index (κ2) is 7.05. The SMILES string of the molecule is Cc1ccc(Oc2nc(Cl)ccc2N2CCCCC2)cc1[N+](=O)[O-]. The first-order valence-corrected chi connectivity index (χ1v) is 8.27. The first-order valence-electron chi connectivity index (χ1n) is 7.89. The number of hydrogen-bond donors (Lipinski definition) is 0. The molecule has 1 saturated heterocycles. The summed E-state index contributed by atoms with van der Waals surface area (Å²) in [6, 6.07) is 8.40. The summed E-state index contributed by atoms with van der Waals surface area (Å²) in [4.78, 5) is 17.2. The van der Waals surface area contributed by atoms with E-state index in [-0.39, 0.29) is 5.69 Å². The minimum absolute atomic E-state index is 0.0223. The van der Waals surface area contributed by atoms with Crippen molar-refractivity contribution in [3.05, 3.63) is 51.2 Å². The summed E-state index contributed by atoms with van der Waals surface area (Å²) in [5.41, 5.74) is 1.47. The Morgan fingerprint density at radius 3 is 2.67 bits per heavy atom. The molecular weight excluding hydrogens is 330 g/mol. The Morgan fingerprint density at radius 1 is 1.21 bits per heavy atom. The molecule has 3 rings (SSSR count). The topological polar surface area (TPSA) is 68.5 Å². The molecule has 1 aromatic heterocycles. The summed E-state index contributed by atoms with van der Waals surface area (Å²) in [5.74, 6) is 0.753. The van der Waals surface area contributed by atoms with Gasteiger partial charge in [-0.1, -0.05) is 11.6 Å². The van der Waals surface area contributed by atoms with Crippen LogP contribution < -0.4 is 9.64 Å². The van der Waals surface area contributed by atoms with E-state index in [1.54, 1.807) is 25.1 Å². The molecule has 126 valence electrons. The molecule has 24 heavy (non-hydrogen) atoms. The molecule has 2 aromatic rings. The average molecular weight is 348 g/mol. The lowest BCUT2D eigenvalue weighted by atomic mass is 10.1. The average Bonchev–Trinajstić information content (AvgIpc) is 2.57. The fourth-order valence-electron chi connectivity index (χ4n) is 2.82. The van der Waals surface area contributed by atoms with E-state index in [2.05, 4.69) is 9.88 Å². The molecule has 0 saturated carbocycles. The zero-order valence-electron chi connectivity index (χ0n) is 13.4. The molecule has 1 fully saturated rings. The Hall–Kier alpha value is -2.34. The number of pyridine rings is 1. The molecule has 6 nitrogen and oxygen atoms in total. The number of nitrogens with zero attached hydrogens (tertiary/aromatic N) is 3. The largest absolute Gasteiger partial charge is 0.437 e. The number of benzene rings is 1. The van der Waals surface area contributed by atoms with Crippen molar-refractivity contribution in [2.75, 3.05) is 18.0 Å². The molecule has 1 aliphatic rings. The smallest absolute Gasteiger partial charge is 0.276 e. The van der Waals surface area contributed by atoms with Gasteiger partial charge in [-0.15, -0.1) is 0 Å². The zero-order valence-corrected chi connectivity index (χ0v) is 14.1. The van der Waals surface area contributed by atoms with Crippen molar-refractivity contribution in [3.8, 4) is 11.6 Å². The second-order valence-electron chi connectivity index (χ2n) is 5.81. The lowest BCUT2D eigenvalue weighted by Gasteiger charge is -2.29. The Labute approximate surface area is 145 Å². The minimum atomic E-state index is -0.418. The van der Waals surface area contributed by atoms with Gasteiger partial charge in [-0.2, -0.15) is 4.98 Å². The number of aromatic nitrogens is 1. The third-order valence-electron chi connectivity index (χ3n) is 4.09. The van der Waals surface area contributed by atoms with Crippen LogP contribution in [0, 0.1) is 17.0 Å². The third-order valence-corrected chi connectivity index (χ3v) is 4.31. The van der Waals surface area contributed by atoms with E-state index in [0.29, 0.717) is 22.3 Å². The predicted octanol–water partition coefficient (Wildman–Crippen LogP) is 4.73. The highest BCUT2D eigenvalue weighted by Gasteiger charge is 2.19. The first-order chi connectivity index (χ1) is 11.5. The molecule has 1 aromatic carbocycles. The van der Waals surface area contributed by atoms with Gasteiger partial charge in [-0.3, -0.25) is 10.1 Å². The predicted molar refractivity (Wildman–Crippen MR) is 93.2 cm³/mol. The first kappa shape index (κ1) is 16.5. The molecular formula is C17H18ClN3O3. The number of aryl methyl sites for hydroxylation is 1. The lowest BCUT2D eigenvalue weighted by Crippen LogP contribution is -2.29. The molecule has 0 spiro atoms. The number of rotatable bonds is 4. The number of anilines is 1. The highest BCUT2D eigenvalue weighted by molar-refractivity contribution is 6.29. The van der Waals surface area contributed by atoms with Gasteiger partial charge in [0.15, 0.2) is 0 Å².